The Morgan fingerprint density at radius 1 is 1.21 bits per heavy atom. The molecule has 0 unspecified atom stereocenters. The normalized spacial score (nSPS) is 19.5. The molecule has 152 valence electrons. The number of aliphatic hydroxyl groups is 2. The van der Waals surface area contributed by atoms with Crippen LogP contribution in [-0.4, -0.2) is 71.9 Å². The van der Waals surface area contributed by atoms with Gasteiger partial charge < -0.3 is 24.4 Å². The summed E-state index contributed by atoms with van der Waals surface area (Å²) in [6, 6.07) is 11.5. The van der Waals surface area contributed by atoms with Gasteiger partial charge in [-0.3, -0.25) is 4.79 Å². The number of aliphatic hydroxyl groups excluding tert-OH is 2. The minimum absolute atomic E-state index is 0.0462. The van der Waals surface area contributed by atoms with Crippen LogP contribution in [0, 0.1) is 18.8 Å². The fraction of sp³-hybridized carbons (Fsp3) is 0.500. The lowest BCUT2D eigenvalue weighted by Crippen LogP contribution is -2.36. The molecule has 28 heavy (non-hydrogen) atoms. The maximum absolute atomic E-state index is 13.3. The van der Waals surface area contributed by atoms with Gasteiger partial charge in [0.15, 0.2) is 0 Å². The molecule has 2 aromatic rings. The zero-order valence-electron chi connectivity index (χ0n) is 16.7. The Kier molecular flexibility index (Phi) is 6.88. The number of rotatable bonds is 8. The maximum Gasteiger partial charge on any atom is 0.257 e. The second kappa shape index (κ2) is 9.37. The monoisotopic (exact) mass is 386 g/mol. The maximum atomic E-state index is 13.3. The second-order valence-corrected chi connectivity index (χ2v) is 7.50. The molecule has 2 atom stereocenters. The van der Waals surface area contributed by atoms with Crippen LogP contribution in [0.2, 0.25) is 0 Å². The van der Waals surface area contributed by atoms with E-state index in [2.05, 4.69) is 11.8 Å². The van der Waals surface area contributed by atoms with Crippen molar-refractivity contribution in [2.75, 3.05) is 45.9 Å². The number of likely N-dealkylation sites (N-methyl/N-ethyl adjacent to an activating group) is 1. The van der Waals surface area contributed by atoms with Crippen molar-refractivity contribution in [1.82, 2.24) is 9.80 Å². The number of nitrogens with zero attached hydrogens (tertiary/aromatic N) is 2. The van der Waals surface area contributed by atoms with Gasteiger partial charge in [-0.05, 0) is 25.5 Å². The molecule has 3 rings (SSSR count). The molecule has 0 radical (unpaired) electrons. The first-order valence-corrected chi connectivity index (χ1v) is 9.96. The summed E-state index contributed by atoms with van der Waals surface area (Å²) >= 11 is 0. The second-order valence-electron chi connectivity index (χ2n) is 7.50. The molecule has 1 amide bonds. The molecule has 1 aromatic carbocycles. The molecule has 2 N–H and O–H groups in total. The molecule has 1 aromatic heterocycles. The lowest BCUT2D eigenvalue weighted by Gasteiger charge is -2.25. The van der Waals surface area contributed by atoms with E-state index in [4.69, 9.17) is 4.42 Å². The Bertz CT molecular complexity index is 774. The average Bonchev–Trinajstić information content (AvgIpc) is 3.31. The highest BCUT2D eigenvalue weighted by atomic mass is 16.3. The quantitative estimate of drug-likeness (QED) is 0.728. The zero-order valence-corrected chi connectivity index (χ0v) is 16.7. The lowest BCUT2D eigenvalue weighted by molar-refractivity contribution is 0.0778. The van der Waals surface area contributed by atoms with Gasteiger partial charge in [-0.2, -0.15) is 0 Å². The summed E-state index contributed by atoms with van der Waals surface area (Å²) in [5, 5.41) is 19.1. The van der Waals surface area contributed by atoms with Crippen LogP contribution in [0.15, 0.2) is 40.8 Å². The number of carbonyl (C=O) groups is 1. The molecular weight excluding hydrogens is 356 g/mol. The summed E-state index contributed by atoms with van der Waals surface area (Å²) in [6.07, 6.45) is 0. The number of amides is 1. The number of aryl methyl sites for hydroxylation is 1. The SMILES string of the molecule is CCN(CCO)C[C@@H]1CN(C(=O)c2cc(C)oc2-c2ccccc2)C[C@@H]1CO. The highest BCUT2D eigenvalue weighted by Crippen LogP contribution is 2.31. The van der Waals surface area contributed by atoms with E-state index >= 15 is 0 Å². The van der Waals surface area contributed by atoms with Gasteiger partial charge in [-0.25, -0.2) is 0 Å². The van der Waals surface area contributed by atoms with Crippen molar-refractivity contribution >= 4 is 5.91 Å². The number of carbonyl (C=O) groups excluding carboxylic acids is 1. The average molecular weight is 386 g/mol. The Morgan fingerprint density at radius 2 is 1.93 bits per heavy atom. The molecule has 0 aliphatic carbocycles. The molecule has 1 fully saturated rings. The van der Waals surface area contributed by atoms with Gasteiger partial charge in [0.1, 0.15) is 11.5 Å². The van der Waals surface area contributed by atoms with Gasteiger partial charge in [0.25, 0.3) is 5.91 Å². The number of benzene rings is 1. The fourth-order valence-electron chi connectivity index (χ4n) is 4.02. The van der Waals surface area contributed by atoms with Crippen molar-refractivity contribution in [2.45, 2.75) is 13.8 Å². The largest absolute Gasteiger partial charge is 0.461 e. The Morgan fingerprint density at radius 3 is 2.57 bits per heavy atom. The van der Waals surface area contributed by atoms with Gasteiger partial charge in [0.05, 0.1) is 12.2 Å². The van der Waals surface area contributed by atoms with Crippen LogP contribution in [-0.2, 0) is 0 Å². The summed E-state index contributed by atoms with van der Waals surface area (Å²) in [4.78, 5) is 17.3. The predicted octanol–water partition coefficient (Wildman–Crippen LogP) is 2.25. The van der Waals surface area contributed by atoms with E-state index in [-0.39, 0.29) is 31.0 Å². The first-order chi connectivity index (χ1) is 13.6. The third kappa shape index (κ3) is 4.46. The van der Waals surface area contributed by atoms with Crippen LogP contribution in [0.3, 0.4) is 0 Å². The van der Waals surface area contributed by atoms with Crippen molar-refractivity contribution in [3.05, 3.63) is 47.7 Å². The van der Waals surface area contributed by atoms with Crippen molar-refractivity contribution in [3.8, 4) is 11.3 Å². The van der Waals surface area contributed by atoms with Gasteiger partial charge in [-0.1, -0.05) is 37.3 Å². The minimum Gasteiger partial charge on any atom is -0.461 e. The van der Waals surface area contributed by atoms with Gasteiger partial charge in [0, 0.05) is 44.3 Å². The van der Waals surface area contributed by atoms with E-state index in [1.54, 1.807) is 6.07 Å². The van der Waals surface area contributed by atoms with Gasteiger partial charge in [-0.15, -0.1) is 0 Å². The number of hydrogen-bond donors (Lipinski definition) is 2. The molecule has 0 saturated carbocycles. The molecule has 2 heterocycles. The van der Waals surface area contributed by atoms with Crippen LogP contribution in [0.4, 0.5) is 0 Å². The van der Waals surface area contributed by atoms with Crippen molar-refractivity contribution in [3.63, 3.8) is 0 Å². The van der Waals surface area contributed by atoms with E-state index in [9.17, 15) is 15.0 Å². The molecule has 6 nitrogen and oxygen atoms in total. The van der Waals surface area contributed by atoms with E-state index in [1.165, 1.54) is 0 Å². The number of hydrogen-bond acceptors (Lipinski definition) is 5. The van der Waals surface area contributed by atoms with Crippen LogP contribution in [0.1, 0.15) is 23.0 Å². The van der Waals surface area contributed by atoms with E-state index in [0.717, 1.165) is 18.7 Å². The minimum atomic E-state index is -0.0538. The zero-order chi connectivity index (χ0) is 20.1. The Balaban J connectivity index is 1.78. The van der Waals surface area contributed by atoms with Crippen LogP contribution in [0.5, 0.6) is 0 Å². The molecular formula is C22H30N2O4. The summed E-state index contributed by atoms with van der Waals surface area (Å²) in [5.74, 6) is 1.49. The highest BCUT2D eigenvalue weighted by molar-refractivity contribution is 6.00. The van der Waals surface area contributed by atoms with Crippen LogP contribution in [0.25, 0.3) is 11.3 Å². The fourth-order valence-corrected chi connectivity index (χ4v) is 4.02. The Labute approximate surface area is 166 Å². The van der Waals surface area contributed by atoms with Gasteiger partial charge in [0.2, 0.25) is 0 Å². The van der Waals surface area contributed by atoms with Crippen molar-refractivity contribution in [2.24, 2.45) is 11.8 Å². The molecule has 6 heteroatoms. The molecule has 0 bridgehead atoms. The van der Waals surface area contributed by atoms with E-state index in [1.807, 2.05) is 42.2 Å². The van der Waals surface area contributed by atoms with Crippen molar-refractivity contribution in [1.29, 1.82) is 0 Å². The van der Waals surface area contributed by atoms with E-state index < -0.39 is 0 Å². The number of likely N-dealkylation sites (tertiary alicyclic amines) is 1. The van der Waals surface area contributed by atoms with Gasteiger partial charge >= 0.3 is 0 Å². The van der Waals surface area contributed by atoms with Crippen LogP contribution >= 0.6 is 0 Å². The third-order valence-corrected chi connectivity index (χ3v) is 5.58. The molecule has 1 aliphatic rings. The van der Waals surface area contributed by atoms with Crippen LogP contribution < -0.4 is 0 Å². The molecule has 1 saturated heterocycles. The number of furan rings is 1. The van der Waals surface area contributed by atoms with Crippen molar-refractivity contribution < 1.29 is 19.4 Å². The first-order valence-electron chi connectivity index (χ1n) is 9.96. The molecule has 0 spiro atoms. The smallest absolute Gasteiger partial charge is 0.257 e. The predicted molar refractivity (Wildman–Crippen MR) is 108 cm³/mol. The standard InChI is InChI=1S/C22H30N2O4/c1-3-23(9-10-25)12-18-13-24(14-19(18)15-26)22(27)20-11-16(2)28-21(20)17-7-5-4-6-8-17/h4-8,11,18-19,25-26H,3,9-10,12-15H2,1-2H3/t18-,19-/m1/s1. The summed E-state index contributed by atoms with van der Waals surface area (Å²) in [6.45, 7) is 7.42. The summed E-state index contributed by atoms with van der Waals surface area (Å²) in [5.41, 5.74) is 1.46. The summed E-state index contributed by atoms with van der Waals surface area (Å²) in [7, 11) is 0. The highest BCUT2D eigenvalue weighted by Gasteiger charge is 2.37. The van der Waals surface area contributed by atoms with E-state index in [0.29, 0.717) is 36.7 Å². The summed E-state index contributed by atoms with van der Waals surface area (Å²) < 4.78 is 5.84. The molecule has 1 aliphatic heterocycles. The Hall–Kier alpha value is -2.15. The topological polar surface area (TPSA) is 77.2 Å². The lowest BCUT2D eigenvalue weighted by atomic mass is 9.96. The third-order valence-electron chi connectivity index (χ3n) is 5.58. The first kappa shape index (κ1) is 20.6.